The van der Waals surface area contributed by atoms with E-state index < -0.39 is 21.4 Å². The molecule has 3 atom stereocenters. The molecule has 1 saturated heterocycles. The smallest absolute Gasteiger partial charge is 0.264 e. The highest BCUT2D eigenvalue weighted by Gasteiger charge is 2.74. The molecule has 0 N–H and O–H groups in total. The van der Waals surface area contributed by atoms with Crippen LogP contribution in [-0.4, -0.2) is 63.5 Å². The number of benzene rings is 3. The average molecular weight is 586 g/mol. The van der Waals surface area contributed by atoms with E-state index in [9.17, 15) is 17.6 Å². The maximum Gasteiger partial charge on any atom is 0.264 e. The van der Waals surface area contributed by atoms with Gasteiger partial charge in [0.2, 0.25) is 10.9 Å². The van der Waals surface area contributed by atoms with E-state index in [1.54, 1.807) is 42.0 Å². The van der Waals surface area contributed by atoms with Crippen LogP contribution in [0, 0.1) is 24.6 Å². The fourth-order valence-corrected chi connectivity index (χ4v) is 8.05. The fraction of sp³-hybridized carbons (Fsp3) is 0.267. The standard InChI is InChI=1S/C30H28FN7O3S/c1-19-13-26-20(15-33-38(26)23-11-9-21(31)10-12-23)14-24(19)30-18-37(42(40,41)27-16-32-36(3)34-27)17-25(30)28(30)29(39)35(2)22-7-5-4-6-8-22/h4-16,25,28H,17-18H2,1-3H3/t25-,28+,30+/m0/s1. The SMILES string of the molecule is Cc1cc2c(cnn2-c2ccc(F)cc2)cc1[C@]12CN(S(=O)(=O)c3cnn(C)n3)C[C@H]1[C@@H]2C(=O)N(C)c1ccccc1. The first kappa shape index (κ1) is 26.5. The molecule has 1 amide bonds. The molecule has 0 radical (unpaired) electrons. The molecule has 12 heteroatoms. The molecule has 0 bridgehead atoms. The minimum Gasteiger partial charge on any atom is -0.315 e. The van der Waals surface area contributed by atoms with Crippen LogP contribution in [0.25, 0.3) is 16.6 Å². The number of anilines is 1. The molecule has 7 rings (SSSR count). The Kier molecular flexibility index (Phi) is 5.86. The Labute approximate surface area is 242 Å². The first-order valence-corrected chi connectivity index (χ1v) is 15.0. The molecule has 3 heterocycles. The van der Waals surface area contributed by atoms with Gasteiger partial charge in [-0.05, 0) is 72.5 Å². The normalized spacial score (nSPS) is 21.9. The van der Waals surface area contributed by atoms with Crippen molar-refractivity contribution in [1.82, 2.24) is 29.1 Å². The summed E-state index contributed by atoms with van der Waals surface area (Å²) in [6.45, 7) is 2.32. The maximum absolute atomic E-state index is 14.0. The van der Waals surface area contributed by atoms with E-state index in [1.807, 2.05) is 49.4 Å². The maximum atomic E-state index is 14.0. The fourth-order valence-electron chi connectivity index (χ4n) is 6.64. The molecule has 1 saturated carbocycles. The van der Waals surface area contributed by atoms with Crippen molar-refractivity contribution >= 4 is 32.5 Å². The predicted molar refractivity (Wildman–Crippen MR) is 154 cm³/mol. The van der Waals surface area contributed by atoms with Crippen LogP contribution in [0.4, 0.5) is 10.1 Å². The quantitative estimate of drug-likeness (QED) is 0.302. The van der Waals surface area contributed by atoms with Gasteiger partial charge in [0.15, 0.2) is 0 Å². The lowest BCUT2D eigenvalue weighted by atomic mass is 9.88. The van der Waals surface area contributed by atoms with Crippen molar-refractivity contribution in [2.24, 2.45) is 18.9 Å². The highest BCUT2D eigenvalue weighted by molar-refractivity contribution is 7.89. The number of fused-ring (bicyclic) bond motifs is 2. The molecule has 1 aliphatic carbocycles. The predicted octanol–water partition coefficient (Wildman–Crippen LogP) is 3.45. The number of nitrogens with zero attached hydrogens (tertiary/aromatic N) is 7. The van der Waals surface area contributed by atoms with Crippen molar-refractivity contribution in [3.8, 4) is 5.69 Å². The molecule has 2 aliphatic rings. The van der Waals surface area contributed by atoms with Gasteiger partial charge in [-0.3, -0.25) is 4.79 Å². The summed E-state index contributed by atoms with van der Waals surface area (Å²) in [6.07, 6.45) is 2.99. The molecule has 0 unspecified atom stereocenters. The molecule has 1 aliphatic heterocycles. The van der Waals surface area contributed by atoms with E-state index in [0.717, 1.165) is 33.4 Å². The van der Waals surface area contributed by atoms with Crippen LogP contribution in [0.15, 0.2) is 84.1 Å². The average Bonchev–Trinajstić information content (AvgIpc) is 3.41. The summed E-state index contributed by atoms with van der Waals surface area (Å²) in [5.74, 6) is -1.000. The second-order valence-corrected chi connectivity index (χ2v) is 13.0. The summed E-state index contributed by atoms with van der Waals surface area (Å²) in [6, 6.07) is 19.6. The molecule has 5 aromatic rings. The van der Waals surface area contributed by atoms with Crippen LogP contribution >= 0.6 is 0 Å². The molecular weight excluding hydrogens is 557 g/mol. The summed E-state index contributed by atoms with van der Waals surface area (Å²) in [5.41, 5.74) is 3.47. The molecule has 3 aromatic carbocycles. The Hall–Kier alpha value is -4.42. The van der Waals surface area contributed by atoms with Crippen molar-refractivity contribution in [2.75, 3.05) is 25.0 Å². The first-order chi connectivity index (χ1) is 20.1. The Morgan fingerprint density at radius 3 is 2.48 bits per heavy atom. The highest BCUT2D eigenvalue weighted by atomic mass is 32.2. The van der Waals surface area contributed by atoms with Gasteiger partial charge in [-0.1, -0.05) is 18.2 Å². The number of halogens is 1. The third-order valence-corrected chi connectivity index (χ3v) is 10.4. The largest absolute Gasteiger partial charge is 0.315 e. The number of piperidine rings is 1. The molecule has 2 aromatic heterocycles. The second-order valence-electron chi connectivity index (χ2n) is 11.1. The van der Waals surface area contributed by atoms with Crippen LogP contribution in [0.3, 0.4) is 0 Å². The molecule has 0 spiro atoms. The summed E-state index contributed by atoms with van der Waals surface area (Å²) in [5, 5.41) is 13.3. The van der Waals surface area contributed by atoms with Gasteiger partial charge in [-0.15, -0.1) is 5.10 Å². The van der Waals surface area contributed by atoms with Crippen LogP contribution < -0.4 is 4.90 Å². The van der Waals surface area contributed by atoms with Gasteiger partial charge < -0.3 is 4.90 Å². The van der Waals surface area contributed by atoms with E-state index in [1.165, 1.54) is 27.4 Å². The van der Waals surface area contributed by atoms with E-state index in [2.05, 4.69) is 15.3 Å². The molecule has 42 heavy (non-hydrogen) atoms. The van der Waals surface area contributed by atoms with Gasteiger partial charge in [0.25, 0.3) is 10.0 Å². The second kappa shape index (κ2) is 9.30. The number of aryl methyl sites for hydroxylation is 2. The van der Waals surface area contributed by atoms with Crippen molar-refractivity contribution in [3.05, 3.63) is 96.1 Å². The van der Waals surface area contributed by atoms with Gasteiger partial charge in [-0.25, -0.2) is 17.5 Å². The minimum absolute atomic E-state index is 0.0516. The number of amides is 1. The van der Waals surface area contributed by atoms with E-state index in [0.29, 0.717) is 0 Å². The van der Waals surface area contributed by atoms with Crippen LogP contribution in [0.5, 0.6) is 0 Å². The number of para-hydroxylation sites is 1. The molecule has 2 fully saturated rings. The summed E-state index contributed by atoms with van der Waals surface area (Å²) >= 11 is 0. The molecule has 10 nitrogen and oxygen atoms in total. The van der Waals surface area contributed by atoms with Crippen molar-refractivity contribution in [3.63, 3.8) is 0 Å². The lowest BCUT2D eigenvalue weighted by Crippen LogP contribution is -2.39. The summed E-state index contributed by atoms with van der Waals surface area (Å²) < 4.78 is 43.9. The zero-order valence-corrected chi connectivity index (χ0v) is 24.0. The Morgan fingerprint density at radius 2 is 1.79 bits per heavy atom. The summed E-state index contributed by atoms with van der Waals surface area (Å²) in [4.78, 5) is 16.9. The van der Waals surface area contributed by atoms with Crippen LogP contribution in [0.1, 0.15) is 11.1 Å². The third kappa shape index (κ3) is 3.89. The van der Waals surface area contributed by atoms with Crippen molar-refractivity contribution < 1.29 is 17.6 Å². The van der Waals surface area contributed by atoms with Crippen molar-refractivity contribution in [1.29, 1.82) is 0 Å². The van der Waals surface area contributed by atoms with E-state index in [-0.39, 0.29) is 35.8 Å². The zero-order valence-electron chi connectivity index (χ0n) is 23.2. The number of carbonyl (C=O) groups is 1. The van der Waals surface area contributed by atoms with Crippen LogP contribution in [0.2, 0.25) is 0 Å². The number of hydrogen-bond acceptors (Lipinski definition) is 6. The van der Waals surface area contributed by atoms with Crippen LogP contribution in [-0.2, 0) is 27.3 Å². The van der Waals surface area contributed by atoms with Gasteiger partial charge in [0.05, 0.1) is 29.5 Å². The third-order valence-electron chi connectivity index (χ3n) is 8.76. The van der Waals surface area contributed by atoms with Gasteiger partial charge in [0.1, 0.15) is 5.82 Å². The lowest BCUT2D eigenvalue weighted by molar-refractivity contribution is -0.120. The van der Waals surface area contributed by atoms with Gasteiger partial charge in [0, 0.05) is 43.7 Å². The number of hydrogen-bond donors (Lipinski definition) is 0. The lowest BCUT2D eigenvalue weighted by Gasteiger charge is -2.26. The number of sulfonamides is 1. The molecular formula is C30H28FN7O3S. The number of carbonyl (C=O) groups excluding carboxylic acids is 1. The Balaban J connectivity index is 1.31. The highest BCUT2D eigenvalue weighted by Crippen LogP contribution is 2.66. The zero-order chi connectivity index (χ0) is 29.4. The topological polar surface area (TPSA) is 106 Å². The minimum atomic E-state index is -3.91. The number of aromatic nitrogens is 5. The first-order valence-electron chi connectivity index (χ1n) is 13.5. The van der Waals surface area contributed by atoms with Gasteiger partial charge in [-0.2, -0.15) is 19.3 Å². The van der Waals surface area contributed by atoms with Crippen molar-refractivity contribution in [2.45, 2.75) is 17.4 Å². The monoisotopic (exact) mass is 585 g/mol. The van der Waals surface area contributed by atoms with E-state index in [4.69, 9.17) is 0 Å². The molecule has 214 valence electrons. The van der Waals surface area contributed by atoms with E-state index >= 15 is 0 Å². The summed E-state index contributed by atoms with van der Waals surface area (Å²) in [7, 11) is -0.582. The Morgan fingerprint density at radius 1 is 1.05 bits per heavy atom. The van der Waals surface area contributed by atoms with Gasteiger partial charge >= 0.3 is 0 Å². The Bertz CT molecular complexity index is 1960. The number of rotatable bonds is 6.